The fourth-order valence-corrected chi connectivity index (χ4v) is 2.35. The zero-order valence-electron chi connectivity index (χ0n) is 12.7. The Bertz CT molecular complexity index is 553. The van der Waals surface area contributed by atoms with Crippen molar-refractivity contribution in [2.45, 2.75) is 39.0 Å². The molecule has 0 aromatic carbocycles. The number of rotatable bonds is 5. The molecule has 0 bridgehead atoms. The number of halogens is 1. The lowest BCUT2D eigenvalue weighted by Crippen LogP contribution is -2.39. The van der Waals surface area contributed by atoms with Crippen LogP contribution in [0.2, 0.25) is 0 Å². The Labute approximate surface area is 128 Å². The minimum atomic E-state index is -1.31. The highest BCUT2D eigenvalue weighted by Crippen LogP contribution is 2.24. The molecule has 0 fully saturated rings. The maximum atomic E-state index is 14.4. The van der Waals surface area contributed by atoms with Crippen LogP contribution in [-0.2, 0) is 17.9 Å². The molecule has 4 nitrogen and oxygen atoms in total. The van der Waals surface area contributed by atoms with E-state index in [9.17, 15) is 14.0 Å². The van der Waals surface area contributed by atoms with E-state index in [0.717, 1.165) is 0 Å². The number of hydrogen-bond donors (Lipinski definition) is 2. The van der Waals surface area contributed by atoms with E-state index in [0.29, 0.717) is 5.57 Å². The molecule has 6 heteroatoms. The third-order valence-electron chi connectivity index (χ3n) is 2.78. The Balaban J connectivity index is 2.99. The van der Waals surface area contributed by atoms with E-state index in [1.807, 2.05) is 20.8 Å². The number of pyridine rings is 1. The molecular formula is C15H21FN2O2S. The van der Waals surface area contributed by atoms with Crippen molar-refractivity contribution < 1.29 is 14.0 Å². The predicted octanol–water partition coefficient (Wildman–Crippen LogP) is 3.25. The number of hydrogen-bond acceptors (Lipinski definition) is 4. The Morgan fingerprint density at radius 1 is 1.57 bits per heavy atom. The lowest BCUT2D eigenvalue weighted by Gasteiger charge is -2.23. The molecule has 0 radical (unpaired) electrons. The molecule has 1 atom stereocenters. The predicted molar refractivity (Wildman–Crippen MR) is 84.3 cm³/mol. The second kappa shape index (κ2) is 7.06. The maximum absolute atomic E-state index is 14.4. The Kier molecular flexibility index (Phi) is 5.95. The molecule has 0 amide bonds. The molecule has 21 heavy (non-hydrogen) atoms. The van der Waals surface area contributed by atoms with E-state index in [4.69, 9.17) is 0 Å². The van der Waals surface area contributed by atoms with Crippen LogP contribution >= 0.6 is 0 Å². The summed E-state index contributed by atoms with van der Waals surface area (Å²) < 4.78 is 28.7. The third-order valence-corrected chi connectivity index (χ3v) is 4.30. The van der Waals surface area contributed by atoms with Gasteiger partial charge in [-0.3, -0.25) is 4.98 Å². The van der Waals surface area contributed by atoms with Crippen LogP contribution in [0, 0.1) is 5.82 Å². The summed E-state index contributed by atoms with van der Waals surface area (Å²) in [7, 11) is 0. The fourth-order valence-electron chi connectivity index (χ4n) is 1.65. The molecule has 116 valence electrons. The van der Waals surface area contributed by atoms with Gasteiger partial charge >= 0.3 is 0 Å². The zero-order chi connectivity index (χ0) is 16.2. The standard InChI is InChI=1S/C15H21FN2O2S/c1-6-11(10(2)19)12-7-8-17-13(14(12)16)9-18-21(20)15(3,4)5/h6-8,18-19H,2,9H2,1,3-5H3/b11-6+. The van der Waals surface area contributed by atoms with Crippen molar-refractivity contribution >= 4 is 16.9 Å². The monoisotopic (exact) mass is 312 g/mol. The van der Waals surface area contributed by atoms with Crippen LogP contribution in [0.5, 0.6) is 0 Å². The summed E-state index contributed by atoms with van der Waals surface area (Å²) in [4.78, 5) is 3.96. The second-order valence-corrected chi connectivity index (χ2v) is 7.52. The van der Waals surface area contributed by atoms with Gasteiger partial charge in [-0.1, -0.05) is 12.7 Å². The molecule has 0 saturated heterocycles. The van der Waals surface area contributed by atoms with Crippen LogP contribution in [0.3, 0.4) is 0 Å². The summed E-state index contributed by atoms with van der Waals surface area (Å²) in [6, 6.07) is 1.47. The molecule has 1 rings (SSSR count). The lowest BCUT2D eigenvalue weighted by molar-refractivity contribution is 0.439. The summed E-state index contributed by atoms with van der Waals surface area (Å²) in [5, 5.41) is 9.49. The van der Waals surface area contributed by atoms with Gasteiger partial charge in [0, 0.05) is 28.7 Å². The number of aliphatic hydroxyl groups excluding tert-OH is 1. The largest absolute Gasteiger partial charge is 0.598 e. The number of aromatic nitrogens is 1. The SMILES string of the molecule is C=C(O)/C(=C\C)c1ccnc(CN[S+]([O-])C(C)(C)C)c1F. The summed E-state index contributed by atoms with van der Waals surface area (Å²) in [6.45, 7) is 10.6. The molecule has 1 unspecified atom stereocenters. The topological polar surface area (TPSA) is 68.2 Å². The normalized spacial score (nSPS) is 14.1. The van der Waals surface area contributed by atoms with Crippen LogP contribution in [0.15, 0.2) is 30.7 Å². The van der Waals surface area contributed by atoms with Crippen molar-refractivity contribution in [2.24, 2.45) is 0 Å². The summed E-state index contributed by atoms with van der Waals surface area (Å²) >= 11 is -1.31. The summed E-state index contributed by atoms with van der Waals surface area (Å²) in [5.74, 6) is -0.765. The first-order valence-electron chi connectivity index (χ1n) is 6.52. The van der Waals surface area contributed by atoms with Crippen LogP contribution in [0.4, 0.5) is 4.39 Å². The van der Waals surface area contributed by atoms with Gasteiger partial charge in [0.25, 0.3) is 0 Å². The van der Waals surface area contributed by atoms with Gasteiger partial charge in [-0.15, -0.1) is 4.72 Å². The number of nitrogens with zero attached hydrogens (tertiary/aromatic N) is 1. The molecule has 0 aliphatic carbocycles. The van der Waals surface area contributed by atoms with Crippen molar-refractivity contribution in [3.05, 3.63) is 47.8 Å². The average Bonchev–Trinajstić information content (AvgIpc) is 2.38. The second-order valence-electron chi connectivity index (χ2n) is 5.47. The molecule has 2 N–H and O–H groups in total. The number of aliphatic hydroxyl groups is 1. The van der Waals surface area contributed by atoms with E-state index in [1.54, 1.807) is 13.0 Å². The van der Waals surface area contributed by atoms with Gasteiger partial charge in [-0.2, -0.15) is 0 Å². The molecular weight excluding hydrogens is 291 g/mol. The summed E-state index contributed by atoms with van der Waals surface area (Å²) in [5.41, 5.74) is 0.678. The first kappa shape index (κ1) is 17.7. The van der Waals surface area contributed by atoms with Gasteiger partial charge in [-0.05, 0) is 33.8 Å². The molecule has 0 aliphatic rings. The van der Waals surface area contributed by atoms with Gasteiger partial charge in [0.2, 0.25) is 0 Å². The highest BCUT2D eigenvalue weighted by Gasteiger charge is 2.26. The maximum Gasteiger partial charge on any atom is 0.154 e. The van der Waals surface area contributed by atoms with E-state index in [1.165, 1.54) is 12.3 Å². The van der Waals surface area contributed by atoms with Gasteiger partial charge < -0.3 is 9.66 Å². The van der Waals surface area contributed by atoms with Crippen molar-refractivity contribution in [2.75, 3.05) is 0 Å². The first-order chi connectivity index (χ1) is 9.68. The quantitative estimate of drug-likeness (QED) is 0.497. The highest BCUT2D eigenvalue weighted by atomic mass is 32.2. The molecule has 1 heterocycles. The zero-order valence-corrected chi connectivity index (χ0v) is 13.6. The minimum Gasteiger partial charge on any atom is -0.598 e. The highest BCUT2D eigenvalue weighted by molar-refractivity contribution is 7.90. The third kappa shape index (κ3) is 4.56. The Hall–Kier alpha value is -1.37. The van der Waals surface area contributed by atoms with Crippen molar-refractivity contribution in [3.8, 4) is 0 Å². The van der Waals surface area contributed by atoms with Crippen LogP contribution in [0.25, 0.3) is 5.57 Å². The average molecular weight is 312 g/mol. The van der Waals surface area contributed by atoms with E-state index < -0.39 is 21.9 Å². The summed E-state index contributed by atoms with van der Waals surface area (Å²) in [6.07, 6.45) is 3.02. The molecule has 1 aromatic rings. The van der Waals surface area contributed by atoms with E-state index in [2.05, 4.69) is 16.3 Å². The number of nitrogens with one attached hydrogen (secondary N) is 1. The van der Waals surface area contributed by atoms with Crippen LogP contribution in [0.1, 0.15) is 39.0 Å². The van der Waals surface area contributed by atoms with Crippen molar-refractivity contribution in [3.63, 3.8) is 0 Å². The first-order valence-corrected chi connectivity index (χ1v) is 7.67. The van der Waals surface area contributed by atoms with Crippen LogP contribution < -0.4 is 4.72 Å². The number of allylic oxidation sites excluding steroid dienone is 2. The van der Waals surface area contributed by atoms with E-state index in [-0.39, 0.29) is 23.6 Å². The fraction of sp³-hybridized carbons (Fsp3) is 0.400. The van der Waals surface area contributed by atoms with Gasteiger partial charge in [0.05, 0.1) is 12.2 Å². The minimum absolute atomic E-state index is 0.0401. The molecule has 0 aliphatic heterocycles. The van der Waals surface area contributed by atoms with Gasteiger partial charge in [0.1, 0.15) is 10.5 Å². The molecule has 1 aromatic heterocycles. The Morgan fingerprint density at radius 3 is 2.67 bits per heavy atom. The lowest BCUT2D eigenvalue weighted by atomic mass is 10.0. The van der Waals surface area contributed by atoms with Gasteiger partial charge in [-0.25, -0.2) is 4.39 Å². The Morgan fingerprint density at radius 2 is 2.19 bits per heavy atom. The van der Waals surface area contributed by atoms with Crippen LogP contribution in [-0.4, -0.2) is 19.4 Å². The van der Waals surface area contributed by atoms with E-state index >= 15 is 0 Å². The van der Waals surface area contributed by atoms with Gasteiger partial charge in [0.15, 0.2) is 5.82 Å². The molecule has 0 saturated carbocycles. The van der Waals surface area contributed by atoms with Crippen molar-refractivity contribution in [1.29, 1.82) is 0 Å². The smallest absolute Gasteiger partial charge is 0.154 e. The van der Waals surface area contributed by atoms with Crippen molar-refractivity contribution in [1.82, 2.24) is 9.71 Å². The molecule has 0 spiro atoms.